The van der Waals surface area contributed by atoms with Crippen LogP contribution in [-0.4, -0.2) is 4.98 Å². The molecule has 3 heteroatoms. The smallest absolute Gasteiger partial charge is 0.145 e. The molecule has 0 aliphatic carbocycles. The quantitative estimate of drug-likeness (QED) is 0.224. The third-order valence-corrected chi connectivity index (χ3v) is 8.62. The first kappa shape index (κ1) is 21.4. The molecule has 178 valence electrons. The van der Waals surface area contributed by atoms with Gasteiger partial charge in [-0.25, -0.2) is 0 Å². The van der Waals surface area contributed by atoms with Gasteiger partial charge in [0.1, 0.15) is 11.5 Å². The van der Waals surface area contributed by atoms with Gasteiger partial charge in [-0.1, -0.05) is 97.1 Å². The van der Waals surface area contributed by atoms with E-state index < -0.39 is 0 Å². The highest BCUT2D eigenvalue weighted by molar-refractivity contribution is 7.26. The van der Waals surface area contributed by atoms with Crippen molar-refractivity contribution in [2.75, 3.05) is 0 Å². The van der Waals surface area contributed by atoms with Crippen LogP contribution in [0.3, 0.4) is 0 Å². The van der Waals surface area contributed by atoms with Crippen molar-refractivity contribution in [2.24, 2.45) is 0 Å². The van der Waals surface area contributed by atoms with E-state index in [2.05, 4.69) is 120 Å². The van der Waals surface area contributed by atoms with Crippen LogP contribution in [-0.2, 0) is 0 Å². The van der Waals surface area contributed by atoms with E-state index in [4.69, 9.17) is 4.74 Å². The van der Waals surface area contributed by atoms with Crippen LogP contribution >= 0.6 is 11.3 Å². The van der Waals surface area contributed by atoms with Crippen LogP contribution in [0.5, 0.6) is 11.5 Å². The largest absolute Gasteiger partial charge is 0.455 e. The molecule has 0 fully saturated rings. The summed E-state index contributed by atoms with van der Waals surface area (Å²) < 4.78 is 9.34. The zero-order chi connectivity index (χ0) is 25.1. The van der Waals surface area contributed by atoms with E-state index in [1.165, 1.54) is 37.4 Å². The highest BCUT2D eigenvalue weighted by Crippen LogP contribution is 2.47. The van der Waals surface area contributed by atoms with Crippen LogP contribution in [0, 0.1) is 0 Å². The molecule has 0 aliphatic rings. The average molecular weight is 504 g/mol. The van der Waals surface area contributed by atoms with Crippen molar-refractivity contribution >= 4 is 63.8 Å². The third-order valence-electron chi connectivity index (χ3n) is 7.42. The summed E-state index contributed by atoms with van der Waals surface area (Å²) in [7, 11) is 0. The van der Waals surface area contributed by atoms with Gasteiger partial charge in [0.25, 0.3) is 0 Å². The molecule has 0 spiro atoms. The molecular formula is C35H21NOS. The predicted molar refractivity (Wildman–Crippen MR) is 162 cm³/mol. The molecule has 8 aromatic rings. The monoisotopic (exact) mass is 503 g/mol. The zero-order valence-corrected chi connectivity index (χ0v) is 21.2. The number of hydrogen-bond donors (Lipinski definition) is 0. The summed E-state index contributed by atoms with van der Waals surface area (Å²) in [6, 6.07) is 40.7. The number of rotatable bonds is 3. The van der Waals surface area contributed by atoms with Gasteiger partial charge in [-0.15, -0.1) is 11.3 Å². The molecule has 8 rings (SSSR count). The first-order valence-corrected chi connectivity index (χ1v) is 13.5. The lowest BCUT2D eigenvalue weighted by Gasteiger charge is -2.18. The van der Waals surface area contributed by atoms with Crippen LogP contribution in [0.25, 0.3) is 63.6 Å². The molecule has 38 heavy (non-hydrogen) atoms. The van der Waals surface area contributed by atoms with Gasteiger partial charge in [-0.05, 0) is 45.5 Å². The maximum absolute atomic E-state index is 6.91. The number of hydrogen-bond acceptors (Lipinski definition) is 3. The minimum absolute atomic E-state index is 0.868. The standard InChI is InChI=1S/C35H21NOS/c1-2-11-23-22(9-1)10-7-15-25(23)33-26-13-3-4-14-27(26)34(28-19-20-36-21-30(28)33)37-31-17-8-16-29-24-12-5-6-18-32(24)38-35(29)31/h1-21H. The van der Waals surface area contributed by atoms with E-state index >= 15 is 0 Å². The molecular weight excluding hydrogens is 482 g/mol. The van der Waals surface area contributed by atoms with Gasteiger partial charge in [0.2, 0.25) is 0 Å². The lowest BCUT2D eigenvalue weighted by atomic mass is 9.89. The fraction of sp³-hybridized carbons (Fsp3) is 0. The second-order valence-electron chi connectivity index (χ2n) is 9.53. The summed E-state index contributed by atoms with van der Waals surface area (Å²) in [5, 5.41) is 9.33. The normalized spacial score (nSPS) is 11.7. The van der Waals surface area contributed by atoms with Crippen molar-refractivity contribution in [1.82, 2.24) is 4.98 Å². The highest BCUT2D eigenvalue weighted by atomic mass is 32.1. The molecule has 0 amide bonds. The lowest BCUT2D eigenvalue weighted by molar-refractivity contribution is 0.500. The molecule has 0 atom stereocenters. The molecule has 6 aromatic carbocycles. The number of aromatic nitrogens is 1. The van der Waals surface area contributed by atoms with Crippen molar-refractivity contribution in [2.45, 2.75) is 0 Å². The Labute approximate surface area is 223 Å². The van der Waals surface area contributed by atoms with Gasteiger partial charge in [0.05, 0.1) is 4.70 Å². The summed E-state index contributed by atoms with van der Waals surface area (Å²) in [6.07, 6.45) is 3.84. The molecule has 2 nitrogen and oxygen atoms in total. The Bertz CT molecular complexity index is 2110. The van der Waals surface area contributed by atoms with E-state index in [1.807, 2.05) is 12.4 Å². The Morgan fingerprint density at radius 1 is 0.526 bits per heavy atom. The molecule has 0 bridgehead atoms. The zero-order valence-electron chi connectivity index (χ0n) is 20.4. The average Bonchev–Trinajstić information content (AvgIpc) is 3.37. The Morgan fingerprint density at radius 2 is 1.21 bits per heavy atom. The molecule has 0 aliphatic heterocycles. The van der Waals surface area contributed by atoms with E-state index in [1.54, 1.807) is 11.3 Å². The van der Waals surface area contributed by atoms with Crippen molar-refractivity contribution in [3.8, 4) is 22.6 Å². The Kier molecular flexibility index (Phi) is 4.73. The number of benzene rings is 6. The maximum Gasteiger partial charge on any atom is 0.145 e. The van der Waals surface area contributed by atoms with Gasteiger partial charge >= 0.3 is 0 Å². The fourth-order valence-electron chi connectivity index (χ4n) is 5.74. The van der Waals surface area contributed by atoms with Gasteiger partial charge in [-0.3, -0.25) is 4.98 Å². The molecule has 0 N–H and O–H groups in total. The number of fused-ring (bicyclic) bond motifs is 6. The van der Waals surface area contributed by atoms with Crippen LogP contribution < -0.4 is 4.74 Å². The maximum atomic E-state index is 6.91. The lowest BCUT2D eigenvalue weighted by Crippen LogP contribution is -1.93. The summed E-state index contributed by atoms with van der Waals surface area (Å²) in [4.78, 5) is 4.56. The topological polar surface area (TPSA) is 22.1 Å². The summed E-state index contributed by atoms with van der Waals surface area (Å²) >= 11 is 1.78. The minimum Gasteiger partial charge on any atom is -0.455 e. The van der Waals surface area contributed by atoms with Gasteiger partial charge < -0.3 is 4.74 Å². The van der Waals surface area contributed by atoms with Crippen LogP contribution in [0.1, 0.15) is 0 Å². The van der Waals surface area contributed by atoms with Crippen molar-refractivity contribution in [3.05, 3.63) is 128 Å². The second-order valence-corrected chi connectivity index (χ2v) is 10.6. The number of thiophene rings is 1. The van der Waals surface area contributed by atoms with E-state index in [-0.39, 0.29) is 0 Å². The molecule has 0 saturated carbocycles. The molecule has 0 saturated heterocycles. The predicted octanol–water partition coefficient (Wildman–Crippen LogP) is 10.4. The number of pyridine rings is 1. The first-order valence-electron chi connectivity index (χ1n) is 12.7. The number of nitrogens with zero attached hydrogens (tertiary/aromatic N) is 1. The number of ether oxygens (including phenoxy) is 1. The minimum atomic E-state index is 0.868. The van der Waals surface area contributed by atoms with Gasteiger partial charge in [0.15, 0.2) is 0 Å². The Morgan fingerprint density at radius 3 is 2.13 bits per heavy atom. The van der Waals surface area contributed by atoms with Gasteiger partial charge in [-0.2, -0.15) is 0 Å². The fourth-order valence-corrected chi connectivity index (χ4v) is 6.89. The molecule has 0 unspecified atom stereocenters. The van der Waals surface area contributed by atoms with Crippen molar-refractivity contribution < 1.29 is 4.74 Å². The molecule has 0 radical (unpaired) electrons. The van der Waals surface area contributed by atoms with E-state index in [9.17, 15) is 0 Å². The SMILES string of the molecule is c1ccc2c(-c3c4ccccc4c(Oc4cccc5c4sc4ccccc45)c4ccncc34)cccc2c1. The van der Waals surface area contributed by atoms with Gasteiger partial charge in [0, 0.05) is 44.0 Å². The first-order chi connectivity index (χ1) is 18.9. The van der Waals surface area contributed by atoms with Crippen LogP contribution in [0.2, 0.25) is 0 Å². The third kappa shape index (κ3) is 3.16. The summed E-state index contributed by atoms with van der Waals surface area (Å²) in [6.45, 7) is 0. The molecule has 2 heterocycles. The van der Waals surface area contributed by atoms with Crippen LogP contribution in [0.15, 0.2) is 128 Å². The van der Waals surface area contributed by atoms with Crippen molar-refractivity contribution in [3.63, 3.8) is 0 Å². The molecule has 2 aromatic heterocycles. The Hall–Kier alpha value is -4.73. The summed E-state index contributed by atoms with van der Waals surface area (Å²) in [5.74, 6) is 1.75. The second kappa shape index (κ2) is 8.41. The van der Waals surface area contributed by atoms with E-state index in [0.29, 0.717) is 0 Å². The van der Waals surface area contributed by atoms with Crippen LogP contribution in [0.4, 0.5) is 0 Å². The highest BCUT2D eigenvalue weighted by Gasteiger charge is 2.19. The van der Waals surface area contributed by atoms with Crippen molar-refractivity contribution in [1.29, 1.82) is 0 Å². The summed E-state index contributed by atoms with van der Waals surface area (Å²) in [5.41, 5.74) is 2.39. The van der Waals surface area contributed by atoms with E-state index in [0.717, 1.165) is 37.7 Å². The Balaban J connectivity index is 1.44.